The maximum atomic E-state index is 13.2. The number of benzene rings is 2. The van der Waals surface area contributed by atoms with Crippen LogP contribution in [0.1, 0.15) is 58.8 Å². The van der Waals surface area contributed by atoms with Gasteiger partial charge in [-0.1, -0.05) is 49.4 Å². The number of Topliss-reactive ketones (excluding diaryl/α,β-unsaturated/α-hetero) is 1. The molecule has 4 rings (SSSR count). The number of hydrogen-bond donors (Lipinski definition) is 1. The van der Waals surface area contributed by atoms with Crippen LogP contribution in [0.25, 0.3) is 0 Å². The molecule has 1 heterocycles. The van der Waals surface area contributed by atoms with E-state index in [1.165, 1.54) is 18.3 Å². The van der Waals surface area contributed by atoms with E-state index in [2.05, 4.69) is 15.3 Å². The normalized spacial score (nSPS) is 16.6. The molecule has 0 unspecified atom stereocenters. The average molecular weight is 403 g/mol. The van der Waals surface area contributed by atoms with Gasteiger partial charge in [0, 0.05) is 12.6 Å². The van der Waals surface area contributed by atoms with Crippen LogP contribution in [-0.4, -0.2) is 21.7 Å². The molecule has 1 aromatic heterocycles. The van der Waals surface area contributed by atoms with Crippen molar-refractivity contribution < 1.29 is 14.0 Å². The summed E-state index contributed by atoms with van der Waals surface area (Å²) in [5.74, 6) is -0.713. The molecule has 1 aliphatic carbocycles. The van der Waals surface area contributed by atoms with E-state index in [0.29, 0.717) is 30.5 Å². The lowest BCUT2D eigenvalue weighted by Crippen LogP contribution is -2.24. The third kappa shape index (κ3) is 4.13. The molecule has 0 saturated carbocycles. The van der Waals surface area contributed by atoms with Crippen LogP contribution in [0.4, 0.5) is 10.3 Å². The molecule has 0 spiro atoms. The third-order valence-corrected chi connectivity index (χ3v) is 5.54. The number of amides is 1. The van der Waals surface area contributed by atoms with Gasteiger partial charge in [0.15, 0.2) is 5.78 Å². The number of rotatable bonds is 5. The first-order valence-corrected chi connectivity index (χ1v) is 10.1. The topological polar surface area (TPSA) is 72.0 Å². The second kappa shape index (κ2) is 8.53. The Labute approximate surface area is 174 Å². The van der Waals surface area contributed by atoms with Crippen LogP contribution in [0.15, 0.2) is 60.8 Å². The maximum Gasteiger partial charge on any atom is 0.234 e. The van der Waals surface area contributed by atoms with E-state index in [-0.39, 0.29) is 35.3 Å². The molecule has 30 heavy (non-hydrogen) atoms. The zero-order valence-corrected chi connectivity index (χ0v) is 16.6. The Bertz CT molecular complexity index is 1070. The molecule has 3 aromatic rings. The van der Waals surface area contributed by atoms with Gasteiger partial charge in [-0.2, -0.15) is 0 Å². The van der Waals surface area contributed by atoms with Crippen LogP contribution in [0.2, 0.25) is 0 Å². The van der Waals surface area contributed by atoms with Gasteiger partial charge in [-0.15, -0.1) is 0 Å². The standard InChI is InChI=1S/C24H22FN3O2/c1-2-19(16-6-4-3-5-7-16)23(30)28-24-26-14-20-21(27-24)12-17(13-22(20)29)15-8-10-18(25)11-9-15/h3-11,14,17,19H,2,12-13H2,1H3,(H,26,27,28,30)/t17-,19-/m0/s1. The number of nitrogens with zero attached hydrogens (tertiary/aromatic N) is 2. The fourth-order valence-electron chi connectivity index (χ4n) is 3.93. The highest BCUT2D eigenvalue weighted by atomic mass is 19.1. The molecule has 0 fully saturated rings. The highest BCUT2D eigenvalue weighted by Crippen LogP contribution is 2.32. The number of carbonyl (C=O) groups is 2. The molecule has 2 aromatic carbocycles. The smallest absolute Gasteiger partial charge is 0.234 e. The molecule has 2 atom stereocenters. The van der Waals surface area contributed by atoms with E-state index in [1.54, 1.807) is 12.1 Å². The van der Waals surface area contributed by atoms with E-state index >= 15 is 0 Å². The number of halogens is 1. The summed E-state index contributed by atoms with van der Waals surface area (Å²) in [6.07, 6.45) is 3.00. The zero-order valence-electron chi connectivity index (χ0n) is 16.6. The van der Waals surface area contributed by atoms with Crippen molar-refractivity contribution in [1.29, 1.82) is 0 Å². The van der Waals surface area contributed by atoms with Crippen LogP contribution >= 0.6 is 0 Å². The predicted octanol–water partition coefficient (Wildman–Crippen LogP) is 4.66. The van der Waals surface area contributed by atoms with Crippen molar-refractivity contribution in [3.05, 3.63) is 89.0 Å². The molecule has 0 aliphatic heterocycles. The third-order valence-electron chi connectivity index (χ3n) is 5.54. The summed E-state index contributed by atoms with van der Waals surface area (Å²) in [5, 5.41) is 2.80. The minimum absolute atomic E-state index is 0.0424. The summed E-state index contributed by atoms with van der Waals surface area (Å²) in [5.41, 5.74) is 2.93. The highest BCUT2D eigenvalue weighted by Gasteiger charge is 2.28. The molecule has 1 aliphatic rings. The summed E-state index contributed by atoms with van der Waals surface area (Å²) in [7, 11) is 0. The predicted molar refractivity (Wildman–Crippen MR) is 112 cm³/mol. The van der Waals surface area contributed by atoms with Gasteiger partial charge in [-0.05, 0) is 42.0 Å². The number of carbonyl (C=O) groups excluding carboxylic acids is 2. The van der Waals surface area contributed by atoms with Crippen molar-refractivity contribution in [2.75, 3.05) is 5.32 Å². The molecule has 0 radical (unpaired) electrons. The molecule has 1 amide bonds. The Hall–Kier alpha value is -3.41. The molecular formula is C24H22FN3O2. The van der Waals surface area contributed by atoms with E-state index in [4.69, 9.17) is 0 Å². The number of aromatic nitrogens is 2. The highest BCUT2D eigenvalue weighted by molar-refractivity contribution is 5.99. The first-order chi connectivity index (χ1) is 14.5. The van der Waals surface area contributed by atoms with Crippen molar-refractivity contribution >= 4 is 17.6 Å². The van der Waals surface area contributed by atoms with Gasteiger partial charge in [-0.25, -0.2) is 14.4 Å². The first kappa shape index (κ1) is 19.9. The van der Waals surface area contributed by atoms with Gasteiger partial charge in [-0.3, -0.25) is 14.9 Å². The van der Waals surface area contributed by atoms with Crippen molar-refractivity contribution in [3.63, 3.8) is 0 Å². The summed E-state index contributed by atoms with van der Waals surface area (Å²) in [6, 6.07) is 15.8. The Balaban J connectivity index is 1.55. The van der Waals surface area contributed by atoms with Gasteiger partial charge in [0.05, 0.1) is 17.2 Å². The average Bonchev–Trinajstić information content (AvgIpc) is 2.75. The number of ketones is 1. The molecule has 0 bridgehead atoms. The van der Waals surface area contributed by atoms with Gasteiger partial charge >= 0.3 is 0 Å². The zero-order chi connectivity index (χ0) is 21.1. The Morgan fingerprint density at radius 2 is 1.87 bits per heavy atom. The van der Waals surface area contributed by atoms with Crippen LogP contribution in [0.5, 0.6) is 0 Å². The van der Waals surface area contributed by atoms with E-state index in [1.807, 2.05) is 37.3 Å². The van der Waals surface area contributed by atoms with Crippen LogP contribution in [-0.2, 0) is 11.2 Å². The summed E-state index contributed by atoms with van der Waals surface area (Å²) in [4.78, 5) is 34.0. The number of fused-ring (bicyclic) bond motifs is 1. The van der Waals surface area contributed by atoms with E-state index in [0.717, 1.165) is 11.1 Å². The first-order valence-electron chi connectivity index (χ1n) is 10.1. The van der Waals surface area contributed by atoms with Crippen molar-refractivity contribution in [1.82, 2.24) is 9.97 Å². The van der Waals surface area contributed by atoms with Gasteiger partial charge < -0.3 is 0 Å². The van der Waals surface area contributed by atoms with Crippen molar-refractivity contribution in [2.24, 2.45) is 0 Å². The summed E-state index contributed by atoms with van der Waals surface area (Å²) < 4.78 is 13.2. The Morgan fingerprint density at radius 3 is 2.57 bits per heavy atom. The fourth-order valence-corrected chi connectivity index (χ4v) is 3.93. The molecular weight excluding hydrogens is 381 g/mol. The summed E-state index contributed by atoms with van der Waals surface area (Å²) in [6.45, 7) is 1.96. The van der Waals surface area contributed by atoms with Crippen molar-refractivity contribution in [2.45, 2.75) is 38.0 Å². The van der Waals surface area contributed by atoms with Crippen molar-refractivity contribution in [3.8, 4) is 0 Å². The van der Waals surface area contributed by atoms with Gasteiger partial charge in [0.2, 0.25) is 11.9 Å². The number of anilines is 1. The molecule has 0 saturated heterocycles. The van der Waals surface area contributed by atoms with Crippen LogP contribution in [0.3, 0.4) is 0 Å². The molecule has 5 nitrogen and oxygen atoms in total. The molecule has 152 valence electrons. The summed E-state index contributed by atoms with van der Waals surface area (Å²) >= 11 is 0. The second-order valence-corrected chi connectivity index (χ2v) is 7.49. The van der Waals surface area contributed by atoms with E-state index < -0.39 is 0 Å². The lowest BCUT2D eigenvalue weighted by Gasteiger charge is -2.23. The molecule has 1 N–H and O–H groups in total. The van der Waals surface area contributed by atoms with Gasteiger partial charge in [0.1, 0.15) is 5.82 Å². The Morgan fingerprint density at radius 1 is 1.13 bits per heavy atom. The Kier molecular flexibility index (Phi) is 5.65. The fraction of sp³-hybridized carbons (Fsp3) is 0.250. The van der Waals surface area contributed by atoms with Crippen LogP contribution in [0, 0.1) is 5.82 Å². The van der Waals surface area contributed by atoms with E-state index in [9.17, 15) is 14.0 Å². The minimum Gasteiger partial charge on any atom is -0.294 e. The lowest BCUT2D eigenvalue weighted by molar-refractivity contribution is -0.117. The largest absolute Gasteiger partial charge is 0.294 e. The monoisotopic (exact) mass is 403 g/mol. The number of hydrogen-bond acceptors (Lipinski definition) is 4. The van der Waals surface area contributed by atoms with Crippen LogP contribution < -0.4 is 5.32 Å². The quantitative estimate of drug-likeness (QED) is 0.672. The lowest BCUT2D eigenvalue weighted by atomic mass is 9.82. The minimum atomic E-state index is -0.308. The van der Waals surface area contributed by atoms with Gasteiger partial charge in [0.25, 0.3) is 0 Å². The second-order valence-electron chi connectivity index (χ2n) is 7.49. The SMILES string of the molecule is CC[C@H](C(=O)Nc1ncc2c(n1)C[C@H](c1ccc(F)cc1)CC2=O)c1ccccc1. The number of nitrogens with one attached hydrogen (secondary N) is 1. The maximum absolute atomic E-state index is 13.2. The molecule has 6 heteroatoms.